The Morgan fingerprint density at radius 2 is 2.46 bits per heavy atom. The molecule has 2 N–H and O–H groups in total. The van der Waals surface area contributed by atoms with Gasteiger partial charge in [0, 0.05) is 12.6 Å². The summed E-state index contributed by atoms with van der Waals surface area (Å²) in [7, 11) is 0. The molecule has 2 atom stereocenters. The molecule has 0 fully saturated rings. The second-order valence-corrected chi connectivity index (χ2v) is 3.26. The highest BCUT2D eigenvalue weighted by molar-refractivity contribution is 5.00. The van der Waals surface area contributed by atoms with Gasteiger partial charge in [-0.15, -0.1) is 4.91 Å². The van der Waals surface area contributed by atoms with E-state index in [9.17, 15) is 4.91 Å². The van der Waals surface area contributed by atoms with Gasteiger partial charge in [-0.25, -0.2) is 0 Å². The minimum Gasteiger partial charge on any atom is -0.307 e. The lowest BCUT2D eigenvalue weighted by atomic mass is 10.2. The van der Waals surface area contributed by atoms with Crippen LogP contribution in [0.15, 0.2) is 17.6 Å². The van der Waals surface area contributed by atoms with E-state index in [0.717, 1.165) is 5.56 Å². The molecule has 0 aromatic carbocycles. The van der Waals surface area contributed by atoms with Crippen molar-refractivity contribution >= 4 is 0 Å². The van der Waals surface area contributed by atoms with E-state index in [0.29, 0.717) is 6.42 Å². The van der Waals surface area contributed by atoms with Crippen LogP contribution in [0.1, 0.15) is 24.9 Å². The Morgan fingerprint density at radius 1 is 1.77 bits per heavy atom. The predicted octanol–water partition coefficient (Wildman–Crippen LogP) is 1.19. The number of nitrogens with two attached hydrogens (primary N) is 1. The van der Waals surface area contributed by atoms with Crippen molar-refractivity contribution in [3.63, 3.8) is 0 Å². The first-order valence-electron chi connectivity index (χ1n) is 4.22. The number of hydrogen-bond donors (Lipinski definition) is 1. The Balaban J connectivity index is 2.57. The Labute approximate surface area is 76.9 Å². The molecular weight excluding hydrogens is 168 g/mol. The van der Waals surface area contributed by atoms with Crippen molar-refractivity contribution in [2.75, 3.05) is 0 Å². The Bertz CT molecular complexity index is 283. The third-order valence-electron chi connectivity index (χ3n) is 1.90. The van der Waals surface area contributed by atoms with Gasteiger partial charge in [-0.1, -0.05) is 5.18 Å². The van der Waals surface area contributed by atoms with Crippen LogP contribution in [0.5, 0.6) is 0 Å². The SMILES string of the molecule is Cc1cnn(C(C)CC(N)N=O)c1. The summed E-state index contributed by atoms with van der Waals surface area (Å²) in [6, 6.07) is 0.112. The number of hydrogen-bond acceptors (Lipinski definition) is 4. The van der Waals surface area contributed by atoms with Crippen molar-refractivity contribution in [1.29, 1.82) is 0 Å². The predicted molar refractivity (Wildman–Crippen MR) is 50.1 cm³/mol. The average molecular weight is 182 g/mol. The number of aryl methyl sites for hydroxylation is 1. The first-order valence-corrected chi connectivity index (χ1v) is 4.22. The summed E-state index contributed by atoms with van der Waals surface area (Å²) in [6.45, 7) is 3.92. The van der Waals surface area contributed by atoms with Crippen molar-refractivity contribution in [3.8, 4) is 0 Å². The van der Waals surface area contributed by atoms with Gasteiger partial charge in [0.15, 0.2) is 0 Å². The van der Waals surface area contributed by atoms with Crippen molar-refractivity contribution in [3.05, 3.63) is 22.9 Å². The zero-order valence-electron chi connectivity index (χ0n) is 7.84. The molecule has 2 unspecified atom stereocenters. The van der Waals surface area contributed by atoms with E-state index in [1.165, 1.54) is 0 Å². The first-order chi connectivity index (χ1) is 6.13. The third-order valence-corrected chi connectivity index (χ3v) is 1.90. The highest BCUT2D eigenvalue weighted by Crippen LogP contribution is 2.12. The molecule has 0 radical (unpaired) electrons. The van der Waals surface area contributed by atoms with Crippen LogP contribution in [-0.4, -0.2) is 15.9 Å². The highest BCUT2D eigenvalue weighted by Gasteiger charge is 2.10. The molecule has 0 spiro atoms. The lowest BCUT2D eigenvalue weighted by Gasteiger charge is -2.12. The standard InChI is InChI=1S/C8H14N4O/c1-6-4-10-12(5-6)7(2)3-8(9)11-13/h4-5,7-8H,3,9H2,1-2H3. The Morgan fingerprint density at radius 3 is 2.92 bits per heavy atom. The maximum atomic E-state index is 10.1. The van der Waals surface area contributed by atoms with Crippen LogP contribution < -0.4 is 5.73 Å². The van der Waals surface area contributed by atoms with E-state index in [1.54, 1.807) is 10.9 Å². The zero-order valence-corrected chi connectivity index (χ0v) is 7.84. The number of aromatic nitrogens is 2. The summed E-state index contributed by atoms with van der Waals surface area (Å²) in [5.41, 5.74) is 6.49. The summed E-state index contributed by atoms with van der Waals surface area (Å²) >= 11 is 0. The van der Waals surface area contributed by atoms with Crippen molar-refractivity contribution < 1.29 is 0 Å². The molecule has 0 bridgehead atoms. The molecular formula is C8H14N4O. The van der Waals surface area contributed by atoms with Gasteiger partial charge in [0.25, 0.3) is 0 Å². The van der Waals surface area contributed by atoms with Gasteiger partial charge in [0.1, 0.15) is 6.17 Å². The first kappa shape index (κ1) is 9.85. The molecule has 1 heterocycles. The van der Waals surface area contributed by atoms with Crippen LogP contribution in [0.3, 0.4) is 0 Å². The molecule has 1 rings (SSSR count). The van der Waals surface area contributed by atoms with Crippen molar-refractivity contribution in [1.82, 2.24) is 9.78 Å². The monoisotopic (exact) mass is 182 g/mol. The van der Waals surface area contributed by atoms with Gasteiger partial charge in [0.05, 0.1) is 12.2 Å². The Kier molecular flexibility index (Phi) is 3.13. The molecule has 0 amide bonds. The molecule has 1 aromatic rings. The summed E-state index contributed by atoms with van der Waals surface area (Å²) in [4.78, 5) is 10.1. The molecule has 5 heteroatoms. The molecule has 0 aliphatic rings. The van der Waals surface area contributed by atoms with E-state index >= 15 is 0 Å². The third kappa shape index (κ3) is 2.62. The van der Waals surface area contributed by atoms with E-state index in [-0.39, 0.29) is 6.04 Å². The lowest BCUT2D eigenvalue weighted by molar-refractivity contribution is 0.421. The fourth-order valence-corrected chi connectivity index (χ4v) is 1.17. The number of rotatable bonds is 4. The minimum absolute atomic E-state index is 0.112. The molecule has 0 saturated carbocycles. The second kappa shape index (κ2) is 4.13. The van der Waals surface area contributed by atoms with E-state index in [4.69, 9.17) is 5.73 Å². The van der Waals surface area contributed by atoms with Crippen molar-refractivity contribution in [2.24, 2.45) is 10.9 Å². The number of nitrogens with zero attached hydrogens (tertiary/aromatic N) is 3. The van der Waals surface area contributed by atoms with Crippen LogP contribution in [0.25, 0.3) is 0 Å². The molecule has 5 nitrogen and oxygen atoms in total. The lowest BCUT2D eigenvalue weighted by Crippen LogP contribution is -2.21. The van der Waals surface area contributed by atoms with Gasteiger partial charge in [-0.05, 0) is 19.4 Å². The summed E-state index contributed by atoms with van der Waals surface area (Å²) in [5, 5.41) is 6.87. The normalized spacial score (nSPS) is 15.3. The molecule has 0 aliphatic carbocycles. The maximum absolute atomic E-state index is 10.1. The van der Waals surface area contributed by atoms with E-state index in [2.05, 4.69) is 10.3 Å². The van der Waals surface area contributed by atoms with Crippen LogP contribution in [-0.2, 0) is 0 Å². The zero-order chi connectivity index (χ0) is 9.84. The van der Waals surface area contributed by atoms with E-state index in [1.807, 2.05) is 20.0 Å². The summed E-state index contributed by atoms with van der Waals surface area (Å²) in [5.74, 6) is 0. The average Bonchev–Trinajstić information content (AvgIpc) is 2.51. The smallest absolute Gasteiger partial charge is 0.141 e. The molecule has 0 aliphatic heterocycles. The van der Waals surface area contributed by atoms with Gasteiger partial charge >= 0.3 is 0 Å². The van der Waals surface area contributed by atoms with Gasteiger partial charge in [-0.2, -0.15) is 5.10 Å². The maximum Gasteiger partial charge on any atom is 0.141 e. The minimum atomic E-state index is -0.639. The van der Waals surface area contributed by atoms with Crippen LogP contribution in [0, 0.1) is 11.8 Å². The molecule has 1 aromatic heterocycles. The van der Waals surface area contributed by atoms with Crippen LogP contribution in [0.2, 0.25) is 0 Å². The largest absolute Gasteiger partial charge is 0.307 e. The molecule has 0 saturated heterocycles. The van der Waals surface area contributed by atoms with E-state index < -0.39 is 6.17 Å². The van der Waals surface area contributed by atoms with Gasteiger partial charge in [0.2, 0.25) is 0 Å². The van der Waals surface area contributed by atoms with Crippen molar-refractivity contribution in [2.45, 2.75) is 32.5 Å². The van der Waals surface area contributed by atoms with Crippen LogP contribution >= 0.6 is 0 Å². The van der Waals surface area contributed by atoms with Gasteiger partial charge < -0.3 is 5.73 Å². The van der Waals surface area contributed by atoms with Crippen LogP contribution in [0.4, 0.5) is 0 Å². The quantitative estimate of drug-likeness (QED) is 0.711. The molecule has 72 valence electrons. The summed E-state index contributed by atoms with van der Waals surface area (Å²) < 4.78 is 1.79. The topological polar surface area (TPSA) is 73.3 Å². The highest BCUT2D eigenvalue weighted by atomic mass is 16.3. The second-order valence-electron chi connectivity index (χ2n) is 3.26. The summed E-state index contributed by atoms with van der Waals surface area (Å²) in [6.07, 6.45) is 3.57. The molecule has 13 heavy (non-hydrogen) atoms. The fourth-order valence-electron chi connectivity index (χ4n) is 1.17. The number of nitroso groups, excluding NO2 is 1. The Hall–Kier alpha value is -1.23. The fraction of sp³-hybridized carbons (Fsp3) is 0.625. The van der Waals surface area contributed by atoms with Gasteiger partial charge in [-0.3, -0.25) is 4.68 Å².